The van der Waals surface area contributed by atoms with Gasteiger partial charge in [0.15, 0.2) is 0 Å². The maximum atomic E-state index is 11.7. The molecule has 0 aromatic heterocycles. The van der Waals surface area contributed by atoms with Crippen LogP contribution < -0.4 is 32.1 Å². The molecular weight excluding hydrogens is 584 g/mol. The highest BCUT2D eigenvalue weighted by Gasteiger charge is 2.04. The van der Waals surface area contributed by atoms with Gasteiger partial charge in [0.05, 0.1) is 0 Å². The number of carbonyl (C=O) groups is 2. The minimum absolute atomic E-state index is 0. The number of benzene rings is 2. The molecule has 230 valence electrons. The van der Waals surface area contributed by atoms with Gasteiger partial charge in [0.25, 0.3) is 0 Å². The molecule has 0 atom stereocenters. The fourth-order valence-corrected chi connectivity index (χ4v) is 4.34. The topological polar surface area (TPSA) is 127 Å². The second kappa shape index (κ2) is 25.4. The van der Waals surface area contributed by atoms with Gasteiger partial charge in [-0.2, -0.15) is 0 Å². The molecule has 0 bridgehead atoms. The minimum atomic E-state index is -0.411. The molecule has 0 saturated carbocycles. The molecule has 2 aromatic carbocycles. The highest BCUT2D eigenvalue weighted by molar-refractivity contribution is 8.93. The van der Waals surface area contributed by atoms with Crippen LogP contribution in [-0.2, 0) is 16.1 Å². The number of rotatable bonds is 24. The number of carbonyl (C=O) groups excluding carboxylic acids is 2. The average molecular weight is 636 g/mol. The zero-order valence-electron chi connectivity index (χ0n) is 24.4. The van der Waals surface area contributed by atoms with Crippen LogP contribution in [0.4, 0.5) is 0 Å². The van der Waals surface area contributed by atoms with Crippen molar-refractivity contribution in [2.75, 3.05) is 52.4 Å². The number of amides is 2. The van der Waals surface area contributed by atoms with Crippen molar-refractivity contribution >= 4 is 28.8 Å². The van der Waals surface area contributed by atoms with Gasteiger partial charge in [0.1, 0.15) is 0 Å². The number of hydrogen-bond acceptors (Lipinski definition) is 7. The lowest BCUT2D eigenvalue weighted by Gasteiger charge is -2.11. The van der Waals surface area contributed by atoms with Crippen LogP contribution in [0.2, 0.25) is 0 Å². The Hall–Kier alpha value is -2.34. The number of nitrogens with one attached hydrogen (secondary N) is 6. The van der Waals surface area contributed by atoms with Crippen LogP contribution in [-0.4, -0.2) is 69.4 Å². The SMILES string of the molecule is Br.O=C(CCCCC(=O)NCCCNCCCNCCCNCCCNCc1ccccc1-c1ccccc1)NO. The summed E-state index contributed by atoms with van der Waals surface area (Å²) in [7, 11) is 0. The van der Waals surface area contributed by atoms with E-state index in [1.807, 2.05) is 0 Å². The van der Waals surface area contributed by atoms with Crippen LogP contribution in [0.3, 0.4) is 0 Å². The van der Waals surface area contributed by atoms with Crippen molar-refractivity contribution in [3.8, 4) is 11.1 Å². The van der Waals surface area contributed by atoms with Crippen molar-refractivity contribution in [1.29, 1.82) is 0 Å². The molecule has 0 heterocycles. The maximum absolute atomic E-state index is 11.7. The third-order valence-electron chi connectivity index (χ3n) is 6.57. The van der Waals surface area contributed by atoms with Crippen molar-refractivity contribution in [2.45, 2.75) is 57.9 Å². The van der Waals surface area contributed by atoms with E-state index in [4.69, 9.17) is 5.21 Å². The van der Waals surface area contributed by atoms with Gasteiger partial charge < -0.3 is 26.6 Å². The van der Waals surface area contributed by atoms with Crippen molar-refractivity contribution in [3.63, 3.8) is 0 Å². The van der Waals surface area contributed by atoms with Crippen LogP contribution in [0.15, 0.2) is 54.6 Å². The van der Waals surface area contributed by atoms with E-state index in [0.29, 0.717) is 25.8 Å². The van der Waals surface area contributed by atoms with Crippen LogP contribution in [0.25, 0.3) is 11.1 Å². The molecule has 9 nitrogen and oxygen atoms in total. The molecule has 41 heavy (non-hydrogen) atoms. The smallest absolute Gasteiger partial charge is 0.243 e. The molecule has 2 aromatic rings. The number of hydrogen-bond donors (Lipinski definition) is 7. The van der Waals surface area contributed by atoms with E-state index in [-0.39, 0.29) is 29.3 Å². The van der Waals surface area contributed by atoms with Gasteiger partial charge in [-0.15, -0.1) is 17.0 Å². The monoisotopic (exact) mass is 634 g/mol. The molecule has 0 aliphatic carbocycles. The summed E-state index contributed by atoms with van der Waals surface area (Å²) in [6.45, 7) is 8.49. The predicted molar refractivity (Wildman–Crippen MR) is 172 cm³/mol. The molecule has 0 saturated heterocycles. The molecule has 0 spiro atoms. The van der Waals surface area contributed by atoms with Crippen molar-refractivity contribution in [2.24, 2.45) is 0 Å². The van der Waals surface area contributed by atoms with Crippen LogP contribution >= 0.6 is 17.0 Å². The van der Waals surface area contributed by atoms with Gasteiger partial charge >= 0.3 is 0 Å². The second-order valence-corrected chi connectivity index (χ2v) is 9.96. The quantitative estimate of drug-likeness (QED) is 0.0535. The summed E-state index contributed by atoms with van der Waals surface area (Å²) in [5, 5.41) is 25.3. The summed E-state index contributed by atoms with van der Waals surface area (Å²) < 4.78 is 0. The molecule has 0 unspecified atom stereocenters. The fraction of sp³-hybridized carbons (Fsp3) is 0.548. The molecule has 0 aliphatic heterocycles. The molecule has 2 amide bonds. The summed E-state index contributed by atoms with van der Waals surface area (Å²) in [6, 6.07) is 19.2. The summed E-state index contributed by atoms with van der Waals surface area (Å²) >= 11 is 0. The lowest BCUT2D eigenvalue weighted by atomic mass is 10.00. The first-order valence-corrected chi connectivity index (χ1v) is 14.9. The highest BCUT2D eigenvalue weighted by Crippen LogP contribution is 2.23. The van der Waals surface area contributed by atoms with Crippen molar-refractivity contribution < 1.29 is 14.8 Å². The van der Waals surface area contributed by atoms with E-state index in [1.54, 1.807) is 5.48 Å². The first kappa shape index (κ1) is 36.7. The Morgan fingerprint density at radius 2 is 1.05 bits per heavy atom. The Bertz CT molecular complexity index is 935. The zero-order valence-corrected chi connectivity index (χ0v) is 26.1. The average Bonchev–Trinajstić information content (AvgIpc) is 2.99. The van der Waals surface area contributed by atoms with Gasteiger partial charge in [-0.25, -0.2) is 5.48 Å². The Morgan fingerprint density at radius 3 is 1.63 bits per heavy atom. The molecule has 0 radical (unpaired) electrons. The van der Waals surface area contributed by atoms with Gasteiger partial charge in [0.2, 0.25) is 11.8 Å². The second-order valence-electron chi connectivity index (χ2n) is 9.96. The van der Waals surface area contributed by atoms with Gasteiger partial charge in [-0.3, -0.25) is 14.8 Å². The lowest BCUT2D eigenvalue weighted by molar-refractivity contribution is -0.129. The lowest BCUT2D eigenvalue weighted by Crippen LogP contribution is -2.29. The predicted octanol–water partition coefficient (Wildman–Crippen LogP) is 3.53. The summed E-state index contributed by atoms with van der Waals surface area (Å²) in [5.74, 6) is -0.397. The molecule has 7 N–H and O–H groups in total. The first-order chi connectivity index (χ1) is 19.7. The van der Waals surface area contributed by atoms with Crippen LogP contribution in [0.1, 0.15) is 56.9 Å². The molecule has 10 heteroatoms. The van der Waals surface area contributed by atoms with E-state index in [2.05, 4.69) is 81.2 Å². The van der Waals surface area contributed by atoms with Gasteiger partial charge in [-0.05, 0) is 101 Å². The Balaban J connectivity index is 0.00000840. The maximum Gasteiger partial charge on any atom is 0.243 e. The van der Waals surface area contributed by atoms with E-state index in [9.17, 15) is 9.59 Å². The van der Waals surface area contributed by atoms with E-state index in [1.165, 1.54) is 16.7 Å². The largest absolute Gasteiger partial charge is 0.356 e. The number of hydroxylamine groups is 1. The molecular formula is C31H51BrN6O3. The summed E-state index contributed by atoms with van der Waals surface area (Å²) in [4.78, 5) is 22.6. The Morgan fingerprint density at radius 1 is 0.561 bits per heavy atom. The number of halogens is 1. The first-order valence-electron chi connectivity index (χ1n) is 14.9. The molecule has 2 rings (SSSR count). The molecule has 0 aliphatic rings. The zero-order chi connectivity index (χ0) is 28.5. The third-order valence-corrected chi connectivity index (χ3v) is 6.57. The standard InChI is InChI=1S/C31H50N6O3.BrH/c38-30(16-6-7-17-31(39)37-40)36-25-11-23-34-21-9-19-32-18-8-20-33-22-10-24-35-26-28-14-4-5-15-29(28)27-12-2-1-3-13-27;/h1-5,12-15,32-35,40H,6-11,16-26H2,(H,36,38)(H,37,39);1H. The number of unbranched alkanes of at least 4 members (excludes halogenated alkanes) is 1. The van der Waals surface area contributed by atoms with Crippen LogP contribution in [0, 0.1) is 0 Å². The van der Waals surface area contributed by atoms with Crippen LogP contribution in [0.5, 0.6) is 0 Å². The normalized spacial score (nSPS) is 10.7. The van der Waals surface area contributed by atoms with E-state index < -0.39 is 5.91 Å². The summed E-state index contributed by atoms with van der Waals surface area (Å²) in [6.07, 6.45) is 6.11. The highest BCUT2D eigenvalue weighted by atomic mass is 79.9. The van der Waals surface area contributed by atoms with Crippen molar-refractivity contribution in [1.82, 2.24) is 32.1 Å². The fourth-order valence-electron chi connectivity index (χ4n) is 4.34. The minimum Gasteiger partial charge on any atom is -0.356 e. The Labute approximate surface area is 256 Å². The van der Waals surface area contributed by atoms with E-state index in [0.717, 1.165) is 78.0 Å². The third kappa shape index (κ3) is 18.7. The van der Waals surface area contributed by atoms with Gasteiger partial charge in [0, 0.05) is 25.9 Å². The Kier molecular flexibility index (Phi) is 22.7. The summed E-state index contributed by atoms with van der Waals surface area (Å²) in [5.41, 5.74) is 5.50. The molecule has 0 fully saturated rings. The van der Waals surface area contributed by atoms with E-state index >= 15 is 0 Å². The van der Waals surface area contributed by atoms with Crippen molar-refractivity contribution in [3.05, 3.63) is 60.2 Å². The van der Waals surface area contributed by atoms with Gasteiger partial charge in [-0.1, -0.05) is 54.6 Å².